The Balaban J connectivity index is 2.18. The standard InChI is InChI=1S/C17H30N4/c1-11(2)15-18-12(3)8-14(20-15)19-13-9-16(4,5)21-17(6,7)10-13/h8,11,13,21H,9-10H2,1-7H3,(H,18,19,20). The maximum atomic E-state index is 4.68. The van der Waals surface area contributed by atoms with Gasteiger partial charge in [0.05, 0.1) is 0 Å². The van der Waals surface area contributed by atoms with E-state index in [-0.39, 0.29) is 11.1 Å². The monoisotopic (exact) mass is 290 g/mol. The van der Waals surface area contributed by atoms with Gasteiger partial charge in [0.1, 0.15) is 11.6 Å². The molecule has 1 saturated heterocycles. The molecular weight excluding hydrogens is 260 g/mol. The second kappa shape index (κ2) is 5.56. The molecule has 1 aromatic heterocycles. The molecule has 0 atom stereocenters. The average molecular weight is 290 g/mol. The van der Waals surface area contributed by atoms with Crippen molar-refractivity contribution in [1.82, 2.24) is 15.3 Å². The second-order valence-electron chi connectivity index (χ2n) is 8.05. The molecule has 0 saturated carbocycles. The van der Waals surface area contributed by atoms with Crippen LogP contribution in [-0.2, 0) is 0 Å². The van der Waals surface area contributed by atoms with Crippen LogP contribution in [0.3, 0.4) is 0 Å². The van der Waals surface area contributed by atoms with E-state index in [2.05, 4.69) is 62.1 Å². The van der Waals surface area contributed by atoms with E-state index in [9.17, 15) is 0 Å². The van der Waals surface area contributed by atoms with Gasteiger partial charge in [0.15, 0.2) is 0 Å². The van der Waals surface area contributed by atoms with E-state index in [0.29, 0.717) is 12.0 Å². The van der Waals surface area contributed by atoms with Crippen molar-refractivity contribution >= 4 is 5.82 Å². The maximum absolute atomic E-state index is 4.68. The Morgan fingerprint density at radius 3 is 2.24 bits per heavy atom. The van der Waals surface area contributed by atoms with Crippen LogP contribution < -0.4 is 10.6 Å². The molecule has 4 nitrogen and oxygen atoms in total. The van der Waals surface area contributed by atoms with Gasteiger partial charge in [0.25, 0.3) is 0 Å². The Bertz CT molecular complexity index is 490. The lowest BCUT2D eigenvalue weighted by Crippen LogP contribution is -2.60. The average Bonchev–Trinajstić information content (AvgIpc) is 2.22. The molecule has 0 amide bonds. The maximum Gasteiger partial charge on any atom is 0.133 e. The third-order valence-corrected chi connectivity index (χ3v) is 3.93. The SMILES string of the molecule is Cc1cc(NC2CC(C)(C)NC(C)(C)C2)nc(C(C)C)n1. The molecule has 21 heavy (non-hydrogen) atoms. The van der Waals surface area contributed by atoms with Crippen molar-refractivity contribution in [2.24, 2.45) is 0 Å². The first kappa shape index (κ1) is 16.2. The van der Waals surface area contributed by atoms with Gasteiger partial charge in [0, 0.05) is 34.8 Å². The summed E-state index contributed by atoms with van der Waals surface area (Å²) >= 11 is 0. The van der Waals surface area contributed by atoms with Crippen LogP contribution in [-0.4, -0.2) is 27.1 Å². The lowest BCUT2D eigenvalue weighted by molar-refractivity contribution is 0.170. The van der Waals surface area contributed by atoms with Gasteiger partial charge in [-0.1, -0.05) is 13.8 Å². The van der Waals surface area contributed by atoms with Crippen LogP contribution in [0.25, 0.3) is 0 Å². The van der Waals surface area contributed by atoms with Gasteiger partial charge in [0.2, 0.25) is 0 Å². The highest BCUT2D eigenvalue weighted by molar-refractivity contribution is 5.38. The predicted molar refractivity (Wildman–Crippen MR) is 88.8 cm³/mol. The molecule has 118 valence electrons. The van der Waals surface area contributed by atoms with Crippen LogP contribution in [0.4, 0.5) is 5.82 Å². The van der Waals surface area contributed by atoms with E-state index in [1.54, 1.807) is 0 Å². The van der Waals surface area contributed by atoms with E-state index in [4.69, 9.17) is 0 Å². The van der Waals surface area contributed by atoms with Crippen LogP contribution in [0.15, 0.2) is 6.07 Å². The van der Waals surface area contributed by atoms with Crippen LogP contribution in [0.5, 0.6) is 0 Å². The Kier molecular flexibility index (Phi) is 4.29. The molecule has 1 fully saturated rings. The van der Waals surface area contributed by atoms with Gasteiger partial charge in [-0.2, -0.15) is 0 Å². The normalized spacial score (nSPS) is 21.5. The molecule has 1 aromatic rings. The summed E-state index contributed by atoms with van der Waals surface area (Å²) in [6, 6.07) is 2.49. The van der Waals surface area contributed by atoms with Crippen molar-refractivity contribution < 1.29 is 0 Å². The van der Waals surface area contributed by atoms with Gasteiger partial charge < -0.3 is 10.6 Å². The van der Waals surface area contributed by atoms with Crippen molar-refractivity contribution in [3.8, 4) is 0 Å². The van der Waals surface area contributed by atoms with Gasteiger partial charge in [-0.3, -0.25) is 0 Å². The molecule has 2 N–H and O–H groups in total. The lowest BCUT2D eigenvalue weighted by atomic mass is 9.79. The molecule has 2 heterocycles. The Hall–Kier alpha value is -1.16. The first-order chi connectivity index (χ1) is 9.56. The van der Waals surface area contributed by atoms with E-state index < -0.39 is 0 Å². The van der Waals surface area contributed by atoms with E-state index in [1.165, 1.54) is 0 Å². The Morgan fingerprint density at radius 1 is 1.14 bits per heavy atom. The molecule has 0 aromatic carbocycles. The minimum absolute atomic E-state index is 0.141. The highest BCUT2D eigenvalue weighted by Gasteiger charge is 2.37. The highest BCUT2D eigenvalue weighted by Crippen LogP contribution is 2.30. The van der Waals surface area contributed by atoms with E-state index in [1.807, 2.05) is 13.0 Å². The summed E-state index contributed by atoms with van der Waals surface area (Å²) in [5.41, 5.74) is 1.31. The van der Waals surface area contributed by atoms with Crippen molar-refractivity contribution in [3.05, 3.63) is 17.6 Å². The van der Waals surface area contributed by atoms with Gasteiger partial charge in [-0.05, 0) is 47.5 Å². The molecule has 0 spiro atoms. The Labute approximate surface area is 129 Å². The fourth-order valence-corrected chi connectivity index (χ4v) is 3.56. The van der Waals surface area contributed by atoms with Gasteiger partial charge >= 0.3 is 0 Å². The predicted octanol–water partition coefficient (Wildman–Crippen LogP) is 3.63. The molecule has 0 radical (unpaired) electrons. The summed E-state index contributed by atoms with van der Waals surface area (Å²) in [5, 5.41) is 7.35. The van der Waals surface area contributed by atoms with Gasteiger partial charge in [-0.15, -0.1) is 0 Å². The quantitative estimate of drug-likeness (QED) is 0.892. The zero-order valence-corrected chi connectivity index (χ0v) is 14.5. The van der Waals surface area contributed by atoms with Crippen molar-refractivity contribution in [2.45, 2.75) is 84.3 Å². The topological polar surface area (TPSA) is 49.8 Å². The van der Waals surface area contributed by atoms with E-state index in [0.717, 1.165) is 30.2 Å². The first-order valence-electron chi connectivity index (χ1n) is 7.98. The molecule has 0 unspecified atom stereocenters. The highest BCUT2D eigenvalue weighted by atomic mass is 15.1. The van der Waals surface area contributed by atoms with Crippen LogP contribution in [0.2, 0.25) is 0 Å². The smallest absolute Gasteiger partial charge is 0.133 e. The van der Waals surface area contributed by atoms with Gasteiger partial charge in [-0.25, -0.2) is 9.97 Å². The summed E-state index contributed by atoms with van der Waals surface area (Å²) in [6.07, 6.45) is 2.19. The summed E-state index contributed by atoms with van der Waals surface area (Å²) in [7, 11) is 0. The number of hydrogen-bond acceptors (Lipinski definition) is 4. The number of nitrogens with one attached hydrogen (secondary N) is 2. The number of nitrogens with zero attached hydrogens (tertiary/aromatic N) is 2. The molecule has 4 heteroatoms. The van der Waals surface area contributed by atoms with Crippen LogP contribution in [0.1, 0.15) is 71.8 Å². The molecular formula is C17H30N4. The summed E-state index contributed by atoms with van der Waals surface area (Å²) in [5.74, 6) is 2.24. The fraction of sp³-hybridized carbons (Fsp3) is 0.765. The summed E-state index contributed by atoms with van der Waals surface area (Å²) < 4.78 is 0. The Morgan fingerprint density at radius 2 is 1.71 bits per heavy atom. The fourth-order valence-electron chi connectivity index (χ4n) is 3.56. The number of piperidine rings is 1. The minimum Gasteiger partial charge on any atom is -0.367 e. The second-order valence-corrected chi connectivity index (χ2v) is 8.05. The zero-order chi connectivity index (χ0) is 15.8. The van der Waals surface area contributed by atoms with Crippen LogP contribution >= 0.6 is 0 Å². The summed E-state index contributed by atoms with van der Waals surface area (Å²) in [4.78, 5) is 9.20. The van der Waals surface area contributed by atoms with Crippen molar-refractivity contribution in [1.29, 1.82) is 0 Å². The summed E-state index contributed by atoms with van der Waals surface area (Å²) in [6.45, 7) is 15.4. The largest absolute Gasteiger partial charge is 0.367 e. The number of aryl methyl sites for hydroxylation is 1. The number of anilines is 1. The molecule has 1 aliphatic rings. The number of aromatic nitrogens is 2. The molecule has 2 rings (SSSR count). The van der Waals surface area contributed by atoms with Crippen molar-refractivity contribution in [2.75, 3.05) is 5.32 Å². The molecule has 0 bridgehead atoms. The lowest BCUT2D eigenvalue weighted by Gasteiger charge is -2.46. The number of hydrogen-bond donors (Lipinski definition) is 2. The third kappa shape index (κ3) is 4.40. The minimum atomic E-state index is 0.141. The zero-order valence-electron chi connectivity index (χ0n) is 14.5. The van der Waals surface area contributed by atoms with E-state index >= 15 is 0 Å². The van der Waals surface area contributed by atoms with Crippen LogP contribution in [0, 0.1) is 6.92 Å². The van der Waals surface area contributed by atoms with Crippen molar-refractivity contribution in [3.63, 3.8) is 0 Å². The molecule has 0 aliphatic carbocycles. The first-order valence-corrected chi connectivity index (χ1v) is 7.98. The number of rotatable bonds is 3. The third-order valence-electron chi connectivity index (χ3n) is 3.93. The molecule has 1 aliphatic heterocycles.